The van der Waals surface area contributed by atoms with Gasteiger partial charge in [-0.25, -0.2) is 0 Å². The summed E-state index contributed by atoms with van der Waals surface area (Å²) >= 11 is 0. The number of hydrogen-bond donors (Lipinski definition) is 2. The minimum Gasteiger partial charge on any atom is -0.382 e. The van der Waals surface area contributed by atoms with Crippen LogP contribution in [-0.2, 0) is 6.42 Å². The van der Waals surface area contributed by atoms with Crippen molar-refractivity contribution in [3.8, 4) is 11.3 Å². The van der Waals surface area contributed by atoms with Gasteiger partial charge in [0.2, 0.25) is 0 Å². The average Bonchev–Trinajstić information content (AvgIpc) is 2.60. The van der Waals surface area contributed by atoms with Crippen LogP contribution in [0.3, 0.4) is 0 Å². The van der Waals surface area contributed by atoms with Crippen LogP contribution in [-0.4, -0.2) is 10.2 Å². The van der Waals surface area contributed by atoms with Gasteiger partial charge in [-0.2, -0.15) is 5.10 Å². The molecule has 3 nitrogen and oxygen atoms in total. The van der Waals surface area contributed by atoms with Crippen molar-refractivity contribution in [1.82, 2.24) is 10.2 Å². The lowest BCUT2D eigenvalue weighted by Gasteiger charge is -2.07. The first-order chi connectivity index (χ1) is 8.08. The molecule has 0 unspecified atom stereocenters. The lowest BCUT2D eigenvalue weighted by molar-refractivity contribution is 0.649. The third kappa shape index (κ3) is 2.49. The molecule has 0 bridgehead atoms. The van der Waals surface area contributed by atoms with Crippen LogP contribution >= 0.6 is 0 Å². The van der Waals surface area contributed by atoms with E-state index < -0.39 is 0 Å². The van der Waals surface area contributed by atoms with Crippen molar-refractivity contribution in [2.75, 3.05) is 5.73 Å². The van der Waals surface area contributed by atoms with E-state index >= 15 is 0 Å². The topological polar surface area (TPSA) is 54.7 Å². The molecule has 0 aliphatic heterocycles. The number of H-pyrrole nitrogens is 1. The molecule has 0 aliphatic carbocycles. The predicted octanol–water partition coefficient (Wildman–Crippen LogP) is 3.17. The van der Waals surface area contributed by atoms with Gasteiger partial charge in [0.05, 0.1) is 5.69 Å². The Hall–Kier alpha value is -1.77. The van der Waals surface area contributed by atoms with Gasteiger partial charge in [0.25, 0.3) is 0 Å². The van der Waals surface area contributed by atoms with Crippen LogP contribution in [0.2, 0.25) is 0 Å². The fourth-order valence-electron chi connectivity index (χ4n) is 2.03. The first-order valence-electron chi connectivity index (χ1n) is 5.97. The van der Waals surface area contributed by atoms with Crippen LogP contribution in [0.4, 0.5) is 5.82 Å². The molecule has 0 saturated heterocycles. The maximum atomic E-state index is 5.92. The van der Waals surface area contributed by atoms with Crippen molar-refractivity contribution < 1.29 is 0 Å². The molecule has 0 amide bonds. The zero-order valence-corrected chi connectivity index (χ0v) is 10.6. The summed E-state index contributed by atoms with van der Waals surface area (Å²) in [7, 11) is 0. The number of nitrogens with zero attached hydrogens (tertiary/aromatic N) is 1. The summed E-state index contributed by atoms with van der Waals surface area (Å²) in [4.78, 5) is 0. The SMILES string of the molecule is Cc1cccc(-c2[nH]nc(N)c2CC(C)C)c1. The summed E-state index contributed by atoms with van der Waals surface area (Å²) in [6.45, 7) is 6.46. The first-order valence-corrected chi connectivity index (χ1v) is 5.97. The van der Waals surface area contributed by atoms with Crippen LogP contribution in [0.25, 0.3) is 11.3 Å². The van der Waals surface area contributed by atoms with E-state index in [1.165, 1.54) is 5.56 Å². The fourth-order valence-corrected chi connectivity index (χ4v) is 2.03. The van der Waals surface area contributed by atoms with E-state index in [9.17, 15) is 0 Å². The largest absolute Gasteiger partial charge is 0.382 e. The average molecular weight is 229 g/mol. The highest BCUT2D eigenvalue weighted by atomic mass is 15.2. The Morgan fingerprint density at radius 3 is 2.76 bits per heavy atom. The second-order valence-corrected chi connectivity index (χ2v) is 4.93. The van der Waals surface area contributed by atoms with E-state index in [-0.39, 0.29) is 0 Å². The fraction of sp³-hybridized carbons (Fsp3) is 0.357. The zero-order chi connectivity index (χ0) is 12.4. The number of rotatable bonds is 3. The number of nitrogens with one attached hydrogen (secondary N) is 1. The van der Waals surface area contributed by atoms with Crippen LogP contribution in [0, 0.1) is 12.8 Å². The third-order valence-electron chi connectivity index (χ3n) is 2.82. The molecule has 0 fully saturated rings. The lowest BCUT2D eigenvalue weighted by Crippen LogP contribution is -1.99. The Labute approximate surface area is 102 Å². The molecule has 1 heterocycles. The van der Waals surface area contributed by atoms with Gasteiger partial charge in [0, 0.05) is 11.1 Å². The Morgan fingerprint density at radius 2 is 2.12 bits per heavy atom. The number of aryl methyl sites for hydroxylation is 1. The Balaban J connectivity index is 2.45. The molecule has 3 heteroatoms. The minimum absolute atomic E-state index is 0.568. The van der Waals surface area contributed by atoms with Gasteiger partial charge >= 0.3 is 0 Å². The van der Waals surface area contributed by atoms with Gasteiger partial charge in [-0.15, -0.1) is 0 Å². The maximum absolute atomic E-state index is 5.92. The van der Waals surface area contributed by atoms with Crippen molar-refractivity contribution in [2.45, 2.75) is 27.2 Å². The van der Waals surface area contributed by atoms with Crippen molar-refractivity contribution in [3.63, 3.8) is 0 Å². The van der Waals surface area contributed by atoms with Crippen LogP contribution in [0.1, 0.15) is 25.0 Å². The smallest absolute Gasteiger partial charge is 0.149 e. The van der Waals surface area contributed by atoms with E-state index in [0.29, 0.717) is 11.7 Å². The maximum Gasteiger partial charge on any atom is 0.149 e. The summed E-state index contributed by atoms with van der Waals surface area (Å²) < 4.78 is 0. The molecule has 0 atom stereocenters. The molecule has 1 aromatic heterocycles. The van der Waals surface area contributed by atoms with Gasteiger partial charge in [0.1, 0.15) is 5.82 Å². The molecule has 0 radical (unpaired) electrons. The zero-order valence-electron chi connectivity index (χ0n) is 10.6. The van der Waals surface area contributed by atoms with Gasteiger partial charge in [-0.05, 0) is 25.3 Å². The third-order valence-corrected chi connectivity index (χ3v) is 2.82. The molecule has 0 aliphatic rings. The molecule has 2 aromatic rings. The van der Waals surface area contributed by atoms with Gasteiger partial charge in [0.15, 0.2) is 0 Å². The summed E-state index contributed by atoms with van der Waals surface area (Å²) in [5.74, 6) is 1.19. The van der Waals surface area contributed by atoms with Gasteiger partial charge in [-0.1, -0.05) is 37.6 Å². The van der Waals surface area contributed by atoms with Gasteiger partial charge in [-0.3, -0.25) is 5.10 Å². The monoisotopic (exact) mass is 229 g/mol. The normalized spacial score (nSPS) is 11.1. The summed E-state index contributed by atoms with van der Waals surface area (Å²) in [5, 5.41) is 7.18. The molecule has 17 heavy (non-hydrogen) atoms. The highest BCUT2D eigenvalue weighted by molar-refractivity contribution is 5.68. The molecular formula is C14H19N3. The predicted molar refractivity (Wildman–Crippen MR) is 71.7 cm³/mol. The number of anilines is 1. The van der Waals surface area contributed by atoms with E-state index in [2.05, 4.69) is 55.2 Å². The number of hydrogen-bond acceptors (Lipinski definition) is 2. The van der Waals surface area contributed by atoms with Crippen LogP contribution in [0.5, 0.6) is 0 Å². The summed E-state index contributed by atoms with van der Waals surface area (Å²) in [6, 6.07) is 8.38. The molecule has 1 aromatic carbocycles. The summed E-state index contributed by atoms with van der Waals surface area (Å²) in [6.07, 6.45) is 0.950. The number of aromatic nitrogens is 2. The molecule has 0 spiro atoms. The molecule has 0 saturated carbocycles. The van der Waals surface area contributed by atoms with Crippen molar-refractivity contribution in [2.24, 2.45) is 5.92 Å². The molecule has 90 valence electrons. The van der Waals surface area contributed by atoms with E-state index in [0.717, 1.165) is 23.2 Å². The summed E-state index contributed by atoms with van der Waals surface area (Å²) in [5.41, 5.74) is 10.5. The lowest BCUT2D eigenvalue weighted by atomic mass is 9.98. The minimum atomic E-state index is 0.568. The number of nitrogens with two attached hydrogens (primary N) is 1. The highest BCUT2D eigenvalue weighted by Crippen LogP contribution is 2.27. The number of nitrogen functional groups attached to an aromatic ring is 1. The standard InChI is InChI=1S/C14H19N3/c1-9(2)7-12-13(16-17-14(12)15)11-6-4-5-10(3)8-11/h4-6,8-9H,7H2,1-3H3,(H3,15,16,17). The number of benzene rings is 1. The van der Waals surface area contributed by atoms with Crippen LogP contribution < -0.4 is 5.73 Å². The second-order valence-electron chi connectivity index (χ2n) is 4.93. The highest BCUT2D eigenvalue weighted by Gasteiger charge is 2.13. The Bertz CT molecular complexity index is 512. The van der Waals surface area contributed by atoms with Crippen molar-refractivity contribution in [1.29, 1.82) is 0 Å². The Kier molecular flexibility index (Phi) is 3.18. The Morgan fingerprint density at radius 1 is 1.35 bits per heavy atom. The van der Waals surface area contributed by atoms with E-state index in [4.69, 9.17) is 5.73 Å². The molecular weight excluding hydrogens is 210 g/mol. The quantitative estimate of drug-likeness (QED) is 0.849. The van der Waals surface area contributed by atoms with E-state index in [1.807, 2.05) is 0 Å². The van der Waals surface area contributed by atoms with Gasteiger partial charge < -0.3 is 5.73 Å². The van der Waals surface area contributed by atoms with Crippen molar-refractivity contribution in [3.05, 3.63) is 35.4 Å². The second kappa shape index (κ2) is 4.62. The molecule has 3 N–H and O–H groups in total. The van der Waals surface area contributed by atoms with E-state index in [1.54, 1.807) is 0 Å². The van der Waals surface area contributed by atoms with Crippen molar-refractivity contribution >= 4 is 5.82 Å². The molecule has 2 rings (SSSR count). The van der Waals surface area contributed by atoms with Crippen LogP contribution in [0.15, 0.2) is 24.3 Å². The first kappa shape index (κ1) is 11.7. The number of aromatic amines is 1.